The van der Waals surface area contributed by atoms with E-state index in [2.05, 4.69) is 4.98 Å². The van der Waals surface area contributed by atoms with Gasteiger partial charge in [0.1, 0.15) is 0 Å². The van der Waals surface area contributed by atoms with Crippen molar-refractivity contribution in [1.82, 2.24) is 9.55 Å². The molecule has 0 aliphatic carbocycles. The lowest BCUT2D eigenvalue weighted by molar-refractivity contribution is -0.150. The number of ether oxygens (including phenoxy) is 1. The summed E-state index contributed by atoms with van der Waals surface area (Å²) in [6.45, 7) is 5.85. The molecule has 0 fully saturated rings. The van der Waals surface area contributed by atoms with Gasteiger partial charge in [-0.2, -0.15) is 0 Å². The van der Waals surface area contributed by atoms with Crippen molar-refractivity contribution in [3.63, 3.8) is 0 Å². The number of rotatable bonds is 5. The van der Waals surface area contributed by atoms with Gasteiger partial charge in [0.25, 0.3) is 0 Å². The zero-order valence-corrected chi connectivity index (χ0v) is 9.17. The molecule has 1 atom stereocenters. The number of nitrogens with zero attached hydrogens (tertiary/aromatic N) is 2. The lowest BCUT2D eigenvalue weighted by Gasteiger charge is -2.13. The third kappa shape index (κ3) is 3.06. The molecule has 0 spiro atoms. The van der Waals surface area contributed by atoms with Gasteiger partial charge in [-0.15, -0.1) is 0 Å². The van der Waals surface area contributed by atoms with Crippen LogP contribution >= 0.6 is 0 Å². The van der Waals surface area contributed by atoms with E-state index < -0.39 is 12.1 Å². The minimum Gasteiger partial charge on any atom is -0.479 e. The summed E-state index contributed by atoms with van der Waals surface area (Å²) < 4.78 is 7.13. The number of hydrogen-bond acceptors (Lipinski definition) is 3. The first-order chi connectivity index (χ1) is 7.02. The van der Waals surface area contributed by atoms with Crippen LogP contribution in [-0.4, -0.2) is 26.7 Å². The molecule has 0 saturated carbocycles. The Bertz CT molecular complexity index is 333. The third-order valence-electron chi connectivity index (χ3n) is 2.13. The van der Waals surface area contributed by atoms with Gasteiger partial charge in [0, 0.05) is 6.04 Å². The van der Waals surface area contributed by atoms with Crippen LogP contribution in [0.25, 0.3) is 0 Å². The second-order valence-corrected chi connectivity index (χ2v) is 3.68. The van der Waals surface area contributed by atoms with Crippen molar-refractivity contribution >= 4 is 5.97 Å². The number of aromatic nitrogens is 2. The summed E-state index contributed by atoms with van der Waals surface area (Å²) in [5.41, 5.74) is 0.887. The summed E-state index contributed by atoms with van der Waals surface area (Å²) in [4.78, 5) is 14.5. The van der Waals surface area contributed by atoms with Crippen molar-refractivity contribution in [2.45, 2.75) is 39.5 Å². The van der Waals surface area contributed by atoms with Crippen LogP contribution < -0.4 is 0 Å². The average Bonchev–Trinajstić information content (AvgIpc) is 2.61. The number of carboxylic acids is 1. The van der Waals surface area contributed by atoms with Crippen molar-refractivity contribution in [1.29, 1.82) is 0 Å². The minimum absolute atomic E-state index is 0.269. The maximum atomic E-state index is 10.5. The van der Waals surface area contributed by atoms with E-state index in [-0.39, 0.29) is 6.61 Å². The Morgan fingerprint density at radius 3 is 2.80 bits per heavy atom. The van der Waals surface area contributed by atoms with Gasteiger partial charge in [0.05, 0.1) is 24.8 Å². The molecule has 1 N–H and O–H groups in total. The van der Waals surface area contributed by atoms with Crippen molar-refractivity contribution in [2.75, 3.05) is 0 Å². The Morgan fingerprint density at radius 1 is 1.60 bits per heavy atom. The molecule has 0 amide bonds. The van der Waals surface area contributed by atoms with Crippen LogP contribution in [0.4, 0.5) is 0 Å². The second-order valence-electron chi connectivity index (χ2n) is 3.68. The Balaban J connectivity index is 2.57. The molecule has 1 aromatic rings. The molecule has 0 radical (unpaired) electrons. The van der Waals surface area contributed by atoms with Gasteiger partial charge in [-0.25, -0.2) is 9.78 Å². The molecule has 1 heterocycles. The molecule has 0 saturated heterocycles. The first kappa shape index (κ1) is 11.7. The normalized spacial score (nSPS) is 13.1. The molecule has 0 bridgehead atoms. The van der Waals surface area contributed by atoms with Gasteiger partial charge in [-0.1, -0.05) is 0 Å². The van der Waals surface area contributed by atoms with E-state index in [1.165, 1.54) is 6.92 Å². The molecule has 0 aromatic carbocycles. The standard InChI is InChI=1S/C10H16N2O3/c1-7(2)12-6-11-4-9(12)5-15-8(3)10(13)14/h4,6-8H,5H2,1-3H3,(H,13,14)/t8-/m1/s1. The number of hydrogen-bond donors (Lipinski definition) is 1. The fraction of sp³-hybridized carbons (Fsp3) is 0.600. The van der Waals surface area contributed by atoms with E-state index in [9.17, 15) is 4.79 Å². The number of carbonyl (C=O) groups is 1. The molecule has 5 nitrogen and oxygen atoms in total. The monoisotopic (exact) mass is 212 g/mol. The fourth-order valence-electron chi connectivity index (χ4n) is 1.19. The number of imidazole rings is 1. The largest absolute Gasteiger partial charge is 0.479 e. The zero-order valence-electron chi connectivity index (χ0n) is 9.17. The molecule has 1 rings (SSSR count). The van der Waals surface area contributed by atoms with Gasteiger partial charge in [0.15, 0.2) is 6.10 Å². The van der Waals surface area contributed by atoms with Crippen LogP contribution in [0.15, 0.2) is 12.5 Å². The van der Waals surface area contributed by atoms with Gasteiger partial charge in [-0.05, 0) is 20.8 Å². The number of carboxylic acid groups (broad SMARTS) is 1. The Labute approximate surface area is 88.7 Å². The summed E-state index contributed by atoms with van der Waals surface area (Å²) in [7, 11) is 0. The highest BCUT2D eigenvalue weighted by molar-refractivity contribution is 5.71. The van der Waals surface area contributed by atoms with E-state index >= 15 is 0 Å². The van der Waals surface area contributed by atoms with Crippen molar-refractivity contribution < 1.29 is 14.6 Å². The summed E-state index contributed by atoms with van der Waals surface area (Å²) in [6.07, 6.45) is 2.61. The van der Waals surface area contributed by atoms with Crippen molar-refractivity contribution in [2.24, 2.45) is 0 Å². The fourth-order valence-corrected chi connectivity index (χ4v) is 1.19. The summed E-state index contributed by atoms with van der Waals surface area (Å²) in [5, 5.41) is 8.64. The Hall–Kier alpha value is -1.36. The Morgan fingerprint density at radius 2 is 2.27 bits per heavy atom. The molecule has 5 heteroatoms. The quantitative estimate of drug-likeness (QED) is 0.802. The summed E-state index contributed by atoms with van der Waals surface area (Å²) >= 11 is 0. The molecule has 1 aromatic heterocycles. The smallest absolute Gasteiger partial charge is 0.332 e. The molecule has 15 heavy (non-hydrogen) atoms. The maximum absolute atomic E-state index is 10.5. The van der Waals surface area contributed by atoms with E-state index in [1.54, 1.807) is 12.5 Å². The van der Waals surface area contributed by atoms with Crippen LogP contribution in [-0.2, 0) is 16.1 Å². The van der Waals surface area contributed by atoms with E-state index in [0.29, 0.717) is 6.04 Å². The first-order valence-corrected chi connectivity index (χ1v) is 4.87. The topological polar surface area (TPSA) is 64.4 Å². The first-order valence-electron chi connectivity index (χ1n) is 4.87. The van der Waals surface area contributed by atoms with Gasteiger partial charge in [0.2, 0.25) is 0 Å². The lowest BCUT2D eigenvalue weighted by Crippen LogP contribution is -2.20. The van der Waals surface area contributed by atoms with Crippen LogP contribution in [0.2, 0.25) is 0 Å². The molecular weight excluding hydrogens is 196 g/mol. The van der Waals surface area contributed by atoms with Gasteiger partial charge in [-0.3, -0.25) is 0 Å². The molecule has 84 valence electrons. The molecule has 0 aliphatic rings. The summed E-state index contributed by atoms with van der Waals surface area (Å²) in [5.74, 6) is -0.953. The zero-order chi connectivity index (χ0) is 11.4. The minimum atomic E-state index is -0.953. The Kier molecular flexibility index (Phi) is 3.85. The highest BCUT2D eigenvalue weighted by atomic mass is 16.5. The van der Waals surface area contributed by atoms with Gasteiger partial charge < -0.3 is 14.4 Å². The maximum Gasteiger partial charge on any atom is 0.332 e. The molecular formula is C10H16N2O3. The van der Waals surface area contributed by atoms with Crippen LogP contribution in [0, 0.1) is 0 Å². The second kappa shape index (κ2) is 4.93. The highest BCUT2D eigenvalue weighted by Crippen LogP contribution is 2.10. The highest BCUT2D eigenvalue weighted by Gasteiger charge is 2.13. The van der Waals surface area contributed by atoms with Crippen LogP contribution in [0.1, 0.15) is 32.5 Å². The van der Waals surface area contributed by atoms with Crippen LogP contribution in [0.5, 0.6) is 0 Å². The lowest BCUT2D eigenvalue weighted by atomic mass is 10.3. The molecule has 0 aliphatic heterocycles. The average molecular weight is 212 g/mol. The number of aliphatic carboxylic acids is 1. The predicted octanol–water partition coefficient (Wildman–Crippen LogP) is 1.45. The predicted molar refractivity (Wildman–Crippen MR) is 54.5 cm³/mol. The van der Waals surface area contributed by atoms with Crippen molar-refractivity contribution in [3.05, 3.63) is 18.2 Å². The summed E-state index contributed by atoms with van der Waals surface area (Å²) in [6, 6.07) is 0.297. The third-order valence-corrected chi connectivity index (χ3v) is 2.13. The van der Waals surface area contributed by atoms with Gasteiger partial charge >= 0.3 is 5.97 Å². The van der Waals surface area contributed by atoms with Crippen molar-refractivity contribution in [3.8, 4) is 0 Å². The molecule has 0 unspecified atom stereocenters. The van der Waals surface area contributed by atoms with E-state index in [0.717, 1.165) is 5.69 Å². The van der Waals surface area contributed by atoms with E-state index in [4.69, 9.17) is 9.84 Å². The van der Waals surface area contributed by atoms with Crippen LogP contribution in [0.3, 0.4) is 0 Å². The van der Waals surface area contributed by atoms with E-state index in [1.807, 2.05) is 18.4 Å². The SMILES string of the molecule is CC(C)n1cncc1CO[C@H](C)C(=O)O.